The van der Waals surface area contributed by atoms with Gasteiger partial charge in [-0.1, -0.05) is 6.07 Å². The molecule has 214 valence electrons. The summed E-state index contributed by atoms with van der Waals surface area (Å²) < 4.78 is 16.1. The number of halogens is 1. The molecule has 0 atom stereocenters. The van der Waals surface area contributed by atoms with E-state index in [0.717, 1.165) is 37.2 Å². The van der Waals surface area contributed by atoms with Gasteiger partial charge in [-0.25, -0.2) is 18.9 Å². The second-order valence-corrected chi connectivity index (χ2v) is 11.4. The number of piperidine rings is 1. The third-order valence-corrected chi connectivity index (χ3v) is 8.42. The molecule has 1 aromatic carbocycles. The normalized spacial score (nSPS) is 20.7. The molecular weight excluding hydrogens is 525 g/mol. The van der Waals surface area contributed by atoms with Gasteiger partial charge in [0.05, 0.1) is 24.0 Å². The Labute approximate surface area is 236 Å². The highest BCUT2D eigenvalue weighted by Gasteiger charge is 2.37. The summed E-state index contributed by atoms with van der Waals surface area (Å²) in [5.41, 5.74) is 0.870. The lowest BCUT2D eigenvalue weighted by atomic mass is 9.84. The molecule has 11 heteroatoms. The molecule has 2 aliphatic rings. The summed E-state index contributed by atoms with van der Waals surface area (Å²) in [5, 5.41) is 19.2. The minimum absolute atomic E-state index is 0.00492. The summed E-state index contributed by atoms with van der Waals surface area (Å²) in [5.74, 6) is 0.680. The van der Waals surface area contributed by atoms with Crippen molar-refractivity contribution in [3.8, 4) is 11.3 Å². The van der Waals surface area contributed by atoms with Crippen LogP contribution in [0.4, 0.5) is 10.2 Å². The Morgan fingerprint density at radius 1 is 1.10 bits per heavy atom. The molecule has 3 aromatic heterocycles. The first-order valence-electron chi connectivity index (χ1n) is 14.2. The summed E-state index contributed by atoms with van der Waals surface area (Å²) >= 11 is 0. The molecular formula is C30H34FN7O3. The molecule has 1 saturated heterocycles. The van der Waals surface area contributed by atoms with E-state index in [9.17, 15) is 19.1 Å². The van der Waals surface area contributed by atoms with Crippen LogP contribution in [0, 0.1) is 18.7 Å². The van der Waals surface area contributed by atoms with Gasteiger partial charge in [0.25, 0.3) is 5.56 Å². The van der Waals surface area contributed by atoms with Crippen LogP contribution in [0.3, 0.4) is 0 Å². The smallest absolute Gasteiger partial charge is 0.296 e. The van der Waals surface area contributed by atoms with Crippen LogP contribution < -0.4 is 10.9 Å². The number of imidazole rings is 1. The summed E-state index contributed by atoms with van der Waals surface area (Å²) in [6, 6.07) is 12.1. The molecule has 0 radical (unpaired) electrons. The lowest BCUT2D eigenvalue weighted by Crippen LogP contribution is -2.51. The maximum atomic E-state index is 13.3. The predicted octanol–water partition coefficient (Wildman–Crippen LogP) is 3.42. The van der Waals surface area contributed by atoms with E-state index in [1.165, 1.54) is 33.7 Å². The minimum Gasteiger partial charge on any atom is -0.388 e. The number of aryl methyl sites for hydroxylation is 1. The van der Waals surface area contributed by atoms with E-state index >= 15 is 0 Å². The fourth-order valence-electron chi connectivity index (χ4n) is 6.03. The van der Waals surface area contributed by atoms with Gasteiger partial charge in [-0.3, -0.25) is 14.2 Å². The topological polar surface area (TPSA) is 118 Å². The molecule has 0 spiro atoms. The van der Waals surface area contributed by atoms with E-state index in [0.29, 0.717) is 43.2 Å². The number of aromatic nitrogens is 5. The van der Waals surface area contributed by atoms with Crippen LogP contribution in [-0.2, 0) is 11.3 Å². The number of hydrogen-bond donors (Lipinski definition) is 2. The van der Waals surface area contributed by atoms with Gasteiger partial charge in [-0.15, -0.1) is 0 Å². The summed E-state index contributed by atoms with van der Waals surface area (Å²) in [4.78, 5) is 37.1. The third kappa shape index (κ3) is 5.72. The highest BCUT2D eigenvalue weighted by atomic mass is 19.1. The highest BCUT2D eigenvalue weighted by molar-refractivity contribution is 5.79. The molecule has 6 rings (SSSR count). The number of amides is 1. The summed E-state index contributed by atoms with van der Waals surface area (Å²) in [6.07, 6.45) is 7.17. The second-order valence-electron chi connectivity index (χ2n) is 11.4. The van der Waals surface area contributed by atoms with Gasteiger partial charge in [-0.05, 0) is 81.8 Å². The van der Waals surface area contributed by atoms with E-state index in [2.05, 4.69) is 20.4 Å². The SMILES string of the molecule is Cc1cccc(NC2CCC(C(=O)N3CCC(O)(Cn4cnn5c(-c6ccc(F)cc6)cnc5c4=O)CC3)CC2)n1. The average molecular weight is 560 g/mol. The number of carbonyl (C=O) groups is 1. The van der Waals surface area contributed by atoms with E-state index in [1.807, 2.05) is 30.0 Å². The number of benzene rings is 1. The van der Waals surface area contributed by atoms with Gasteiger partial charge in [0.2, 0.25) is 11.6 Å². The standard InChI is InChI=1S/C30H34FN7O3/c1-20-3-2-4-26(34-20)35-24-11-7-22(8-12-24)28(39)36-15-13-30(41,14-16-36)18-37-19-33-38-25(17-32-27(38)29(37)40)21-5-9-23(31)10-6-21/h2-6,9-10,17,19,22,24,41H,7-8,11-16,18H2,1H3,(H,34,35). The Morgan fingerprint density at radius 2 is 1.83 bits per heavy atom. The lowest BCUT2D eigenvalue weighted by Gasteiger charge is -2.40. The first kappa shape index (κ1) is 27.1. The van der Waals surface area contributed by atoms with Crippen molar-refractivity contribution >= 4 is 17.4 Å². The second kappa shape index (κ2) is 11.0. The van der Waals surface area contributed by atoms with E-state index in [-0.39, 0.29) is 35.4 Å². The number of likely N-dealkylation sites (tertiary alicyclic amines) is 1. The number of carbonyl (C=O) groups excluding carboxylic acids is 1. The van der Waals surface area contributed by atoms with Gasteiger partial charge in [0.1, 0.15) is 18.0 Å². The molecule has 0 unspecified atom stereocenters. The van der Waals surface area contributed by atoms with Crippen molar-refractivity contribution in [2.75, 3.05) is 18.4 Å². The maximum Gasteiger partial charge on any atom is 0.296 e. The predicted molar refractivity (Wildman–Crippen MR) is 152 cm³/mol. The molecule has 2 N–H and O–H groups in total. The van der Waals surface area contributed by atoms with Crippen molar-refractivity contribution in [2.45, 2.75) is 63.6 Å². The van der Waals surface area contributed by atoms with Crippen LogP contribution in [0.2, 0.25) is 0 Å². The summed E-state index contributed by atoms with van der Waals surface area (Å²) in [7, 11) is 0. The number of hydrogen-bond acceptors (Lipinski definition) is 7. The van der Waals surface area contributed by atoms with Gasteiger partial charge >= 0.3 is 0 Å². The Hall–Kier alpha value is -4.12. The molecule has 1 amide bonds. The molecule has 0 bridgehead atoms. The Bertz CT molecular complexity index is 1600. The number of nitrogens with zero attached hydrogens (tertiary/aromatic N) is 6. The highest BCUT2D eigenvalue weighted by Crippen LogP contribution is 2.31. The van der Waals surface area contributed by atoms with Gasteiger partial charge < -0.3 is 15.3 Å². The van der Waals surface area contributed by atoms with Gasteiger partial charge in [0, 0.05) is 36.3 Å². The average Bonchev–Trinajstić information content (AvgIpc) is 3.40. The van der Waals surface area contributed by atoms with Crippen molar-refractivity contribution < 1.29 is 14.3 Å². The monoisotopic (exact) mass is 559 g/mol. The zero-order chi connectivity index (χ0) is 28.6. The number of rotatable bonds is 6. The molecule has 1 aliphatic heterocycles. The molecule has 1 saturated carbocycles. The number of anilines is 1. The largest absolute Gasteiger partial charge is 0.388 e. The van der Waals surface area contributed by atoms with Gasteiger partial charge in [-0.2, -0.15) is 5.10 Å². The molecule has 10 nitrogen and oxygen atoms in total. The lowest BCUT2D eigenvalue weighted by molar-refractivity contribution is -0.141. The zero-order valence-electron chi connectivity index (χ0n) is 23.0. The minimum atomic E-state index is -1.13. The molecule has 4 heterocycles. The first-order valence-corrected chi connectivity index (χ1v) is 14.2. The van der Waals surface area contributed by atoms with Gasteiger partial charge in [0.15, 0.2) is 0 Å². The fraction of sp³-hybridized carbons (Fsp3) is 0.433. The van der Waals surface area contributed by atoms with Crippen LogP contribution in [0.5, 0.6) is 0 Å². The fourth-order valence-corrected chi connectivity index (χ4v) is 6.03. The van der Waals surface area contributed by atoms with Crippen LogP contribution in [-0.4, -0.2) is 64.8 Å². The van der Waals surface area contributed by atoms with E-state index in [1.54, 1.807) is 12.1 Å². The van der Waals surface area contributed by atoms with Crippen molar-refractivity contribution in [1.29, 1.82) is 0 Å². The quantitative estimate of drug-likeness (QED) is 0.372. The van der Waals surface area contributed by atoms with Crippen LogP contribution in [0.25, 0.3) is 16.9 Å². The number of nitrogens with one attached hydrogen (secondary N) is 1. The maximum absolute atomic E-state index is 13.3. The number of aliphatic hydroxyl groups is 1. The van der Waals surface area contributed by atoms with E-state index in [4.69, 9.17) is 0 Å². The molecule has 2 fully saturated rings. The van der Waals surface area contributed by atoms with Crippen molar-refractivity contribution in [3.63, 3.8) is 0 Å². The van der Waals surface area contributed by atoms with Crippen molar-refractivity contribution in [3.05, 3.63) is 76.9 Å². The van der Waals surface area contributed by atoms with Crippen LogP contribution in [0.1, 0.15) is 44.2 Å². The third-order valence-electron chi connectivity index (χ3n) is 8.42. The van der Waals surface area contributed by atoms with Crippen LogP contribution in [0.15, 0.2) is 59.8 Å². The first-order chi connectivity index (χ1) is 19.8. The van der Waals surface area contributed by atoms with Crippen LogP contribution >= 0.6 is 0 Å². The van der Waals surface area contributed by atoms with Crippen molar-refractivity contribution in [2.24, 2.45) is 5.92 Å². The molecule has 4 aromatic rings. The molecule has 1 aliphatic carbocycles. The summed E-state index contributed by atoms with van der Waals surface area (Å²) in [6.45, 7) is 2.94. The number of pyridine rings is 1. The Kier molecular flexibility index (Phi) is 7.29. The Balaban J connectivity index is 1.04. The number of fused-ring (bicyclic) bond motifs is 1. The zero-order valence-corrected chi connectivity index (χ0v) is 23.0. The van der Waals surface area contributed by atoms with Crippen molar-refractivity contribution in [1.82, 2.24) is 29.0 Å². The van der Waals surface area contributed by atoms with E-state index < -0.39 is 5.60 Å². The Morgan fingerprint density at radius 3 is 2.54 bits per heavy atom. The molecule has 41 heavy (non-hydrogen) atoms.